The minimum absolute atomic E-state index is 0.559. The van der Waals surface area contributed by atoms with Crippen LogP contribution in [-0.2, 0) is 0 Å². The smallest absolute Gasteiger partial charge is 0.00853 e. The lowest BCUT2D eigenvalue weighted by molar-refractivity contribution is 0.312. The molecule has 0 aliphatic heterocycles. The van der Waals surface area contributed by atoms with Gasteiger partial charge in [-0.25, -0.2) is 0 Å². The Balaban J connectivity index is 3.69. The van der Waals surface area contributed by atoms with Crippen LogP contribution in [0, 0.1) is 5.41 Å². The van der Waals surface area contributed by atoms with Gasteiger partial charge in [0.05, 0.1) is 0 Å². The van der Waals surface area contributed by atoms with Gasteiger partial charge in [0.15, 0.2) is 0 Å². The van der Waals surface area contributed by atoms with Crippen LogP contribution < -0.4 is 0 Å². The summed E-state index contributed by atoms with van der Waals surface area (Å²) in [5.74, 6) is 0. The molecule has 0 unspecified atom stereocenters. The Labute approximate surface area is 73.5 Å². The van der Waals surface area contributed by atoms with Gasteiger partial charge in [0.2, 0.25) is 0 Å². The van der Waals surface area contributed by atoms with Crippen molar-refractivity contribution >= 4 is 15.9 Å². The first kappa shape index (κ1) is 10.5. The topological polar surface area (TPSA) is 0 Å². The van der Waals surface area contributed by atoms with E-state index < -0.39 is 0 Å². The lowest BCUT2D eigenvalue weighted by Crippen LogP contribution is -2.17. The minimum Gasteiger partial charge on any atom is -0.0922 e. The van der Waals surface area contributed by atoms with E-state index in [-0.39, 0.29) is 0 Å². The lowest BCUT2D eigenvalue weighted by atomic mass is 9.84. The zero-order valence-corrected chi connectivity index (χ0v) is 9.00. The summed E-state index contributed by atoms with van der Waals surface area (Å²) in [5.41, 5.74) is 0.559. The third-order valence-electron chi connectivity index (χ3n) is 2.03. The summed E-state index contributed by atoms with van der Waals surface area (Å²) < 4.78 is 0. The van der Waals surface area contributed by atoms with Crippen LogP contribution in [0.5, 0.6) is 0 Å². The molecule has 0 amide bonds. The van der Waals surface area contributed by atoms with Crippen molar-refractivity contribution in [1.82, 2.24) is 0 Å². The molecule has 0 aromatic heterocycles. The molecule has 0 aliphatic rings. The van der Waals surface area contributed by atoms with E-state index in [1.807, 2.05) is 0 Å². The predicted octanol–water partition coefficient (Wildman–Crippen LogP) is 3.99. The Morgan fingerprint density at radius 3 is 1.70 bits per heavy atom. The van der Waals surface area contributed by atoms with Crippen LogP contribution >= 0.6 is 15.9 Å². The average molecular weight is 207 g/mol. The second-order valence-corrected chi connectivity index (χ2v) is 4.01. The van der Waals surface area contributed by atoms with E-state index in [1.54, 1.807) is 0 Å². The molecule has 0 spiro atoms. The van der Waals surface area contributed by atoms with Crippen molar-refractivity contribution in [2.24, 2.45) is 5.41 Å². The van der Waals surface area contributed by atoms with Gasteiger partial charge in [-0.05, 0) is 18.3 Å². The van der Waals surface area contributed by atoms with E-state index in [0.29, 0.717) is 5.41 Å². The summed E-state index contributed by atoms with van der Waals surface area (Å²) in [6.07, 6.45) is 5.32. The maximum atomic E-state index is 3.57. The predicted molar refractivity (Wildman–Crippen MR) is 51.7 cm³/mol. The molecule has 0 aromatic rings. The molecule has 0 heterocycles. The monoisotopic (exact) mass is 206 g/mol. The van der Waals surface area contributed by atoms with Gasteiger partial charge in [0.1, 0.15) is 0 Å². The zero-order valence-electron chi connectivity index (χ0n) is 7.41. The van der Waals surface area contributed by atoms with Crippen molar-refractivity contribution in [3.8, 4) is 0 Å². The van der Waals surface area contributed by atoms with Gasteiger partial charge in [-0.3, -0.25) is 0 Å². The highest BCUT2D eigenvalue weighted by Crippen LogP contribution is 2.30. The first-order valence-corrected chi connectivity index (χ1v) is 5.36. The van der Waals surface area contributed by atoms with Gasteiger partial charge >= 0.3 is 0 Å². The van der Waals surface area contributed by atoms with Crippen molar-refractivity contribution in [3.05, 3.63) is 0 Å². The van der Waals surface area contributed by atoms with Gasteiger partial charge in [-0.15, -0.1) is 0 Å². The molecular formula is C9H19Br. The standard InChI is InChI=1S/C9H19Br/c1-4-6-9(3,8-10)7-5-2/h4-8H2,1-3H3. The average Bonchev–Trinajstić information content (AvgIpc) is 1.89. The molecule has 0 bridgehead atoms. The minimum atomic E-state index is 0.559. The molecule has 1 heteroatoms. The van der Waals surface area contributed by atoms with Crippen molar-refractivity contribution in [3.63, 3.8) is 0 Å². The molecule has 0 atom stereocenters. The van der Waals surface area contributed by atoms with Crippen LogP contribution in [0.1, 0.15) is 46.5 Å². The third-order valence-corrected chi connectivity index (χ3v) is 3.38. The van der Waals surface area contributed by atoms with Gasteiger partial charge in [0, 0.05) is 5.33 Å². The molecule has 0 saturated carbocycles. The van der Waals surface area contributed by atoms with Gasteiger partial charge < -0.3 is 0 Å². The Hall–Kier alpha value is 0.480. The molecule has 0 rings (SSSR count). The maximum Gasteiger partial charge on any atom is 0.00853 e. The van der Waals surface area contributed by atoms with E-state index in [0.717, 1.165) is 5.33 Å². The van der Waals surface area contributed by atoms with Crippen LogP contribution in [0.25, 0.3) is 0 Å². The molecule has 0 radical (unpaired) electrons. The molecule has 0 N–H and O–H groups in total. The molecular weight excluding hydrogens is 188 g/mol. The highest BCUT2D eigenvalue weighted by molar-refractivity contribution is 9.09. The second kappa shape index (κ2) is 5.17. The van der Waals surface area contributed by atoms with Crippen LogP contribution in [0.4, 0.5) is 0 Å². The summed E-state index contributed by atoms with van der Waals surface area (Å²) in [7, 11) is 0. The van der Waals surface area contributed by atoms with E-state index in [9.17, 15) is 0 Å². The van der Waals surface area contributed by atoms with Crippen LogP contribution in [0.2, 0.25) is 0 Å². The molecule has 10 heavy (non-hydrogen) atoms. The summed E-state index contributed by atoms with van der Waals surface area (Å²) in [6.45, 7) is 6.89. The van der Waals surface area contributed by atoms with E-state index in [1.165, 1.54) is 25.7 Å². The van der Waals surface area contributed by atoms with Crippen LogP contribution in [0.15, 0.2) is 0 Å². The Kier molecular flexibility index (Phi) is 5.42. The number of halogens is 1. The van der Waals surface area contributed by atoms with Gasteiger partial charge in [-0.2, -0.15) is 0 Å². The first-order chi connectivity index (χ1) is 4.68. The number of hydrogen-bond donors (Lipinski definition) is 0. The quantitative estimate of drug-likeness (QED) is 0.598. The Bertz CT molecular complexity index is 72.8. The van der Waals surface area contributed by atoms with Gasteiger partial charge in [-0.1, -0.05) is 49.5 Å². The van der Waals surface area contributed by atoms with E-state index in [4.69, 9.17) is 0 Å². The van der Waals surface area contributed by atoms with E-state index in [2.05, 4.69) is 36.7 Å². The maximum absolute atomic E-state index is 3.57. The van der Waals surface area contributed by atoms with E-state index >= 15 is 0 Å². The summed E-state index contributed by atoms with van der Waals surface area (Å²) >= 11 is 3.57. The SMILES string of the molecule is CCCC(C)(CBr)CCC. The molecule has 0 aromatic carbocycles. The molecule has 0 aliphatic carbocycles. The fourth-order valence-corrected chi connectivity index (χ4v) is 2.03. The van der Waals surface area contributed by atoms with Crippen molar-refractivity contribution < 1.29 is 0 Å². The summed E-state index contributed by atoms with van der Waals surface area (Å²) in [4.78, 5) is 0. The molecule has 0 fully saturated rings. The highest BCUT2D eigenvalue weighted by atomic mass is 79.9. The Morgan fingerprint density at radius 2 is 1.50 bits per heavy atom. The number of hydrogen-bond acceptors (Lipinski definition) is 0. The second-order valence-electron chi connectivity index (χ2n) is 3.44. The van der Waals surface area contributed by atoms with Crippen molar-refractivity contribution in [2.45, 2.75) is 46.5 Å². The largest absolute Gasteiger partial charge is 0.0922 e. The number of alkyl halides is 1. The van der Waals surface area contributed by atoms with Crippen LogP contribution in [-0.4, -0.2) is 5.33 Å². The zero-order chi connectivity index (χ0) is 8.04. The molecule has 0 nitrogen and oxygen atoms in total. The Morgan fingerprint density at radius 1 is 1.10 bits per heavy atom. The van der Waals surface area contributed by atoms with Gasteiger partial charge in [0.25, 0.3) is 0 Å². The van der Waals surface area contributed by atoms with Crippen LogP contribution in [0.3, 0.4) is 0 Å². The molecule has 0 saturated heterocycles. The number of rotatable bonds is 5. The third kappa shape index (κ3) is 3.60. The fourth-order valence-electron chi connectivity index (χ4n) is 1.47. The lowest BCUT2D eigenvalue weighted by Gasteiger charge is -2.25. The summed E-state index contributed by atoms with van der Waals surface area (Å²) in [6, 6.07) is 0. The first-order valence-electron chi connectivity index (χ1n) is 4.24. The summed E-state index contributed by atoms with van der Waals surface area (Å²) in [5, 5.41) is 1.15. The normalized spacial score (nSPS) is 12.0. The van der Waals surface area contributed by atoms with Crippen molar-refractivity contribution in [1.29, 1.82) is 0 Å². The molecule has 62 valence electrons. The fraction of sp³-hybridized carbons (Fsp3) is 1.00. The van der Waals surface area contributed by atoms with Crippen molar-refractivity contribution in [2.75, 3.05) is 5.33 Å². The highest BCUT2D eigenvalue weighted by Gasteiger charge is 2.19.